The van der Waals surface area contributed by atoms with E-state index < -0.39 is 11.9 Å². The third-order valence-electron chi connectivity index (χ3n) is 3.95. The number of amides is 3. The Morgan fingerprint density at radius 1 is 1.45 bits per heavy atom. The monoisotopic (exact) mass is 307 g/mol. The molecule has 5 nitrogen and oxygen atoms in total. The maximum Gasteiger partial charge on any atom is 0.318 e. The Labute approximate surface area is 129 Å². The minimum Gasteiger partial charge on any atom is -0.352 e. The van der Waals surface area contributed by atoms with Gasteiger partial charge in [-0.05, 0) is 30.5 Å². The average Bonchev–Trinajstić information content (AvgIpc) is 2.52. The Bertz CT molecular complexity index is 546. The van der Waals surface area contributed by atoms with Crippen LogP contribution in [0.2, 0.25) is 0 Å². The summed E-state index contributed by atoms with van der Waals surface area (Å²) in [5, 5.41) is 5.67. The molecule has 1 heterocycles. The molecular formula is C16H22FN3O2. The van der Waals surface area contributed by atoms with Crippen molar-refractivity contribution in [3.8, 4) is 0 Å². The minimum atomic E-state index is -0.793. The van der Waals surface area contributed by atoms with Crippen molar-refractivity contribution in [2.45, 2.75) is 38.8 Å². The van der Waals surface area contributed by atoms with Gasteiger partial charge in [-0.2, -0.15) is 0 Å². The SMILES string of the molecule is CCC(CC)NC(=O)N1CCNC(=O)[C@H]1c1cccc(F)c1. The van der Waals surface area contributed by atoms with E-state index in [2.05, 4.69) is 10.6 Å². The molecule has 0 unspecified atom stereocenters. The Morgan fingerprint density at radius 3 is 2.82 bits per heavy atom. The first kappa shape index (κ1) is 16.3. The van der Waals surface area contributed by atoms with Gasteiger partial charge in [-0.25, -0.2) is 9.18 Å². The number of hydrogen-bond acceptors (Lipinski definition) is 2. The van der Waals surface area contributed by atoms with Crippen molar-refractivity contribution >= 4 is 11.9 Å². The Kier molecular flexibility index (Phi) is 5.35. The lowest BCUT2D eigenvalue weighted by Crippen LogP contribution is -2.56. The molecule has 1 aromatic rings. The van der Waals surface area contributed by atoms with Crippen LogP contribution in [0.15, 0.2) is 24.3 Å². The first-order valence-electron chi connectivity index (χ1n) is 7.67. The second kappa shape index (κ2) is 7.24. The van der Waals surface area contributed by atoms with Crippen LogP contribution >= 0.6 is 0 Å². The number of piperazine rings is 1. The van der Waals surface area contributed by atoms with Crippen molar-refractivity contribution in [1.82, 2.24) is 15.5 Å². The first-order chi connectivity index (χ1) is 10.6. The van der Waals surface area contributed by atoms with Gasteiger partial charge in [-0.3, -0.25) is 4.79 Å². The fraction of sp³-hybridized carbons (Fsp3) is 0.500. The zero-order valence-corrected chi connectivity index (χ0v) is 12.9. The van der Waals surface area contributed by atoms with E-state index in [1.165, 1.54) is 17.0 Å². The Morgan fingerprint density at radius 2 is 2.18 bits per heavy atom. The second-order valence-electron chi connectivity index (χ2n) is 5.40. The summed E-state index contributed by atoms with van der Waals surface area (Å²) in [6, 6.07) is 4.83. The van der Waals surface area contributed by atoms with Crippen molar-refractivity contribution in [2.75, 3.05) is 13.1 Å². The molecule has 6 heteroatoms. The van der Waals surface area contributed by atoms with Crippen molar-refractivity contribution in [1.29, 1.82) is 0 Å². The van der Waals surface area contributed by atoms with Gasteiger partial charge in [0.2, 0.25) is 5.91 Å². The van der Waals surface area contributed by atoms with E-state index in [9.17, 15) is 14.0 Å². The number of nitrogens with one attached hydrogen (secondary N) is 2. The van der Waals surface area contributed by atoms with Crippen LogP contribution in [0.4, 0.5) is 9.18 Å². The van der Waals surface area contributed by atoms with Gasteiger partial charge in [0, 0.05) is 19.1 Å². The number of hydrogen-bond donors (Lipinski definition) is 2. The molecule has 1 fully saturated rings. The second-order valence-corrected chi connectivity index (χ2v) is 5.40. The fourth-order valence-corrected chi connectivity index (χ4v) is 2.64. The topological polar surface area (TPSA) is 61.4 Å². The van der Waals surface area contributed by atoms with Crippen LogP contribution in [0.1, 0.15) is 38.3 Å². The molecule has 1 aliphatic rings. The summed E-state index contributed by atoms with van der Waals surface area (Å²) in [6.07, 6.45) is 1.65. The number of carbonyl (C=O) groups excluding carboxylic acids is 2. The number of rotatable bonds is 4. The number of urea groups is 1. The number of nitrogens with zero attached hydrogens (tertiary/aromatic N) is 1. The molecule has 2 rings (SSSR count). The van der Waals surface area contributed by atoms with Gasteiger partial charge in [-0.15, -0.1) is 0 Å². The minimum absolute atomic E-state index is 0.0747. The van der Waals surface area contributed by atoms with Crippen LogP contribution in [0.5, 0.6) is 0 Å². The third-order valence-corrected chi connectivity index (χ3v) is 3.95. The van der Waals surface area contributed by atoms with Gasteiger partial charge in [0.05, 0.1) is 0 Å². The van der Waals surface area contributed by atoms with Crippen LogP contribution in [-0.2, 0) is 4.79 Å². The Hall–Kier alpha value is -2.11. The van der Waals surface area contributed by atoms with E-state index in [1.54, 1.807) is 12.1 Å². The molecule has 0 radical (unpaired) electrons. The molecule has 1 atom stereocenters. The first-order valence-corrected chi connectivity index (χ1v) is 7.67. The molecule has 0 aromatic heterocycles. The highest BCUT2D eigenvalue weighted by Gasteiger charge is 2.34. The zero-order chi connectivity index (χ0) is 16.1. The number of benzene rings is 1. The van der Waals surface area contributed by atoms with Gasteiger partial charge in [0.15, 0.2) is 0 Å². The van der Waals surface area contributed by atoms with E-state index >= 15 is 0 Å². The molecule has 1 aromatic carbocycles. The largest absolute Gasteiger partial charge is 0.352 e. The summed E-state index contributed by atoms with van der Waals surface area (Å²) in [4.78, 5) is 26.2. The zero-order valence-electron chi connectivity index (χ0n) is 12.9. The molecule has 0 bridgehead atoms. The van der Waals surface area contributed by atoms with Crippen LogP contribution in [0.3, 0.4) is 0 Å². The number of halogens is 1. The predicted molar refractivity (Wildman–Crippen MR) is 81.8 cm³/mol. The predicted octanol–water partition coefficient (Wildman–Crippen LogP) is 2.20. The van der Waals surface area contributed by atoms with Crippen LogP contribution in [0.25, 0.3) is 0 Å². The molecule has 0 saturated carbocycles. The summed E-state index contributed by atoms with van der Waals surface area (Å²) < 4.78 is 13.4. The maximum absolute atomic E-state index is 13.4. The van der Waals surface area contributed by atoms with Gasteiger partial charge in [0.25, 0.3) is 0 Å². The van der Waals surface area contributed by atoms with E-state index in [1.807, 2.05) is 13.8 Å². The summed E-state index contributed by atoms with van der Waals surface area (Å²) in [5.74, 6) is -0.701. The molecule has 3 amide bonds. The molecule has 0 spiro atoms. The highest BCUT2D eigenvalue weighted by atomic mass is 19.1. The molecule has 120 valence electrons. The fourth-order valence-electron chi connectivity index (χ4n) is 2.64. The molecule has 1 aliphatic heterocycles. The smallest absolute Gasteiger partial charge is 0.318 e. The number of carbonyl (C=O) groups is 2. The van der Waals surface area contributed by atoms with Crippen molar-refractivity contribution in [3.63, 3.8) is 0 Å². The molecule has 2 N–H and O–H groups in total. The summed E-state index contributed by atoms with van der Waals surface area (Å²) >= 11 is 0. The normalized spacial score (nSPS) is 18.3. The van der Waals surface area contributed by atoms with Gasteiger partial charge in [-0.1, -0.05) is 26.0 Å². The van der Waals surface area contributed by atoms with E-state index in [0.29, 0.717) is 18.7 Å². The highest BCUT2D eigenvalue weighted by Crippen LogP contribution is 2.24. The summed E-state index contributed by atoms with van der Waals surface area (Å²) in [6.45, 7) is 4.81. The average molecular weight is 307 g/mol. The standard InChI is InChI=1S/C16H22FN3O2/c1-3-13(4-2)19-16(22)20-9-8-18-15(21)14(20)11-6-5-7-12(17)10-11/h5-7,10,13-14H,3-4,8-9H2,1-2H3,(H,18,21)(H,19,22)/t14-/m1/s1. The van der Waals surface area contributed by atoms with Crippen molar-refractivity contribution < 1.29 is 14.0 Å². The lowest BCUT2D eigenvalue weighted by Gasteiger charge is -2.36. The lowest BCUT2D eigenvalue weighted by molar-refractivity contribution is -0.127. The van der Waals surface area contributed by atoms with E-state index in [4.69, 9.17) is 0 Å². The van der Waals surface area contributed by atoms with Crippen LogP contribution < -0.4 is 10.6 Å². The van der Waals surface area contributed by atoms with Crippen LogP contribution in [-0.4, -0.2) is 36.0 Å². The van der Waals surface area contributed by atoms with Crippen LogP contribution in [0, 0.1) is 5.82 Å². The Balaban J connectivity index is 2.23. The lowest BCUT2D eigenvalue weighted by atomic mass is 10.0. The molecule has 1 saturated heterocycles. The van der Waals surface area contributed by atoms with Gasteiger partial charge < -0.3 is 15.5 Å². The molecular weight excluding hydrogens is 285 g/mol. The van der Waals surface area contributed by atoms with Gasteiger partial charge in [0.1, 0.15) is 11.9 Å². The molecule has 0 aliphatic carbocycles. The summed E-state index contributed by atoms with van der Waals surface area (Å²) in [5.41, 5.74) is 0.483. The maximum atomic E-state index is 13.4. The van der Waals surface area contributed by atoms with E-state index in [0.717, 1.165) is 12.8 Å². The molecule has 22 heavy (non-hydrogen) atoms. The summed E-state index contributed by atoms with van der Waals surface area (Å²) in [7, 11) is 0. The third kappa shape index (κ3) is 3.55. The highest BCUT2D eigenvalue weighted by molar-refractivity contribution is 5.89. The van der Waals surface area contributed by atoms with E-state index in [-0.39, 0.29) is 18.0 Å². The van der Waals surface area contributed by atoms with Gasteiger partial charge >= 0.3 is 6.03 Å². The van der Waals surface area contributed by atoms with Crippen molar-refractivity contribution in [2.24, 2.45) is 0 Å². The quantitative estimate of drug-likeness (QED) is 0.896. The van der Waals surface area contributed by atoms with Crippen molar-refractivity contribution in [3.05, 3.63) is 35.6 Å².